The molecule has 1 atom stereocenters. The van der Waals surface area contributed by atoms with Gasteiger partial charge in [-0.25, -0.2) is 0 Å². The zero-order valence-corrected chi connectivity index (χ0v) is 11.0. The number of anilines is 1. The number of aliphatic hydroxyl groups excluding tert-OH is 1. The van der Waals surface area contributed by atoms with Crippen molar-refractivity contribution in [3.05, 3.63) is 29.8 Å². The molecule has 1 saturated heterocycles. The monoisotopic (exact) mass is 248 g/mol. The Hall–Kier alpha value is -1.55. The van der Waals surface area contributed by atoms with Crippen molar-refractivity contribution >= 4 is 11.6 Å². The van der Waals surface area contributed by atoms with Crippen LogP contribution in [0.25, 0.3) is 0 Å². The largest absolute Gasteiger partial charge is 0.393 e. The third-order valence-corrected chi connectivity index (χ3v) is 3.29. The topological polar surface area (TPSA) is 43.8 Å². The normalized spacial score (nSPS) is 18.1. The van der Waals surface area contributed by atoms with Crippen molar-refractivity contribution in [2.75, 3.05) is 31.6 Å². The molecule has 0 aliphatic carbocycles. The summed E-state index contributed by atoms with van der Waals surface area (Å²) in [5.41, 5.74) is 2.19. The summed E-state index contributed by atoms with van der Waals surface area (Å²) in [5, 5.41) is 9.33. The molecule has 18 heavy (non-hydrogen) atoms. The molecule has 0 aromatic heterocycles. The molecule has 1 heterocycles. The van der Waals surface area contributed by atoms with Crippen LogP contribution in [0, 0.1) is 0 Å². The summed E-state index contributed by atoms with van der Waals surface area (Å²) in [6.45, 7) is 3.88. The average Bonchev–Trinajstić information content (AvgIpc) is 2.33. The molecular weight excluding hydrogens is 228 g/mol. The molecule has 1 aromatic rings. The lowest BCUT2D eigenvalue weighted by Gasteiger charge is -2.33. The standard InChI is InChI=1S/C14H20N2O2/c1-11(17)9-12-3-5-13(6-4-12)16-8-7-15(2)14(18)10-16/h3-6,11,17H,7-10H2,1-2H3. The van der Waals surface area contributed by atoms with E-state index in [2.05, 4.69) is 4.90 Å². The number of carbonyl (C=O) groups is 1. The maximum Gasteiger partial charge on any atom is 0.241 e. The van der Waals surface area contributed by atoms with E-state index in [1.807, 2.05) is 31.3 Å². The van der Waals surface area contributed by atoms with Gasteiger partial charge in [-0.3, -0.25) is 4.79 Å². The summed E-state index contributed by atoms with van der Waals surface area (Å²) in [7, 11) is 1.84. The molecule has 4 heteroatoms. The summed E-state index contributed by atoms with van der Waals surface area (Å²) in [6, 6.07) is 8.09. The van der Waals surface area contributed by atoms with Crippen LogP contribution in [0.15, 0.2) is 24.3 Å². The molecule has 98 valence electrons. The number of hydrogen-bond donors (Lipinski definition) is 1. The van der Waals surface area contributed by atoms with E-state index in [4.69, 9.17) is 0 Å². The quantitative estimate of drug-likeness (QED) is 0.864. The molecule has 4 nitrogen and oxygen atoms in total. The third-order valence-electron chi connectivity index (χ3n) is 3.29. The van der Waals surface area contributed by atoms with E-state index in [1.54, 1.807) is 11.8 Å². The molecule has 1 unspecified atom stereocenters. The molecule has 1 aromatic carbocycles. The zero-order chi connectivity index (χ0) is 13.1. The summed E-state index contributed by atoms with van der Waals surface area (Å²) in [6.07, 6.45) is 0.350. The van der Waals surface area contributed by atoms with Gasteiger partial charge in [0.05, 0.1) is 12.6 Å². The number of piperazine rings is 1. The second kappa shape index (κ2) is 5.40. The Labute approximate surface area is 108 Å². The molecule has 1 amide bonds. The highest BCUT2D eigenvalue weighted by atomic mass is 16.3. The molecule has 1 N–H and O–H groups in total. The van der Waals surface area contributed by atoms with Crippen molar-refractivity contribution in [1.82, 2.24) is 4.90 Å². The van der Waals surface area contributed by atoms with Crippen LogP contribution in [-0.2, 0) is 11.2 Å². The summed E-state index contributed by atoms with van der Waals surface area (Å²) in [5.74, 6) is 0.161. The van der Waals surface area contributed by atoms with Gasteiger partial charge in [0.25, 0.3) is 0 Å². The minimum Gasteiger partial charge on any atom is -0.393 e. The predicted octanol–water partition coefficient (Wildman–Crippen LogP) is 0.888. The molecule has 1 fully saturated rings. The molecule has 0 bridgehead atoms. The Morgan fingerprint density at radius 2 is 1.94 bits per heavy atom. The Morgan fingerprint density at radius 1 is 1.28 bits per heavy atom. The van der Waals surface area contributed by atoms with Crippen LogP contribution in [0.1, 0.15) is 12.5 Å². The second-order valence-electron chi connectivity index (χ2n) is 4.96. The van der Waals surface area contributed by atoms with E-state index in [9.17, 15) is 9.90 Å². The zero-order valence-electron chi connectivity index (χ0n) is 11.0. The van der Waals surface area contributed by atoms with Crippen LogP contribution in [0.4, 0.5) is 5.69 Å². The summed E-state index contributed by atoms with van der Waals surface area (Å²) >= 11 is 0. The van der Waals surface area contributed by atoms with Gasteiger partial charge in [-0.05, 0) is 31.0 Å². The van der Waals surface area contributed by atoms with Crippen LogP contribution >= 0.6 is 0 Å². The van der Waals surface area contributed by atoms with Gasteiger partial charge in [0, 0.05) is 25.8 Å². The lowest BCUT2D eigenvalue weighted by atomic mass is 10.1. The number of rotatable bonds is 3. The Bertz CT molecular complexity index is 414. The van der Waals surface area contributed by atoms with E-state index in [-0.39, 0.29) is 12.0 Å². The van der Waals surface area contributed by atoms with Gasteiger partial charge < -0.3 is 14.9 Å². The van der Waals surface area contributed by atoms with Crippen LogP contribution in [0.5, 0.6) is 0 Å². The van der Waals surface area contributed by atoms with Gasteiger partial charge in [0.15, 0.2) is 0 Å². The van der Waals surface area contributed by atoms with Gasteiger partial charge in [0.1, 0.15) is 0 Å². The van der Waals surface area contributed by atoms with Crippen LogP contribution in [0.3, 0.4) is 0 Å². The van der Waals surface area contributed by atoms with Crippen LogP contribution < -0.4 is 4.90 Å². The highest BCUT2D eigenvalue weighted by Crippen LogP contribution is 2.18. The first-order valence-corrected chi connectivity index (χ1v) is 6.32. The van der Waals surface area contributed by atoms with Crippen molar-refractivity contribution in [3.63, 3.8) is 0 Å². The van der Waals surface area contributed by atoms with Gasteiger partial charge in [-0.2, -0.15) is 0 Å². The van der Waals surface area contributed by atoms with Crippen molar-refractivity contribution in [2.24, 2.45) is 0 Å². The maximum absolute atomic E-state index is 11.6. The lowest BCUT2D eigenvalue weighted by molar-refractivity contribution is -0.129. The van der Waals surface area contributed by atoms with Gasteiger partial charge in [-0.15, -0.1) is 0 Å². The molecule has 0 radical (unpaired) electrons. The Balaban J connectivity index is 2.03. The molecule has 0 saturated carbocycles. The van der Waals surface area contributed by atoms with E-state index >= 15 is 0 Å². The lowest BCUT2D eigenvalue weighted by Crippen LogP contribution is -2.48. The number of likely N-dealkylation sites (N-methyl/N-ethyl adjacent to an activating group) is 1. The first kappa shape index (κ1) is 12.9. The van der Waals surface area contributed by atoms with Crippen molar-refractivity contribution < 1.29 is 9.90 Å². The van der Waals surface area contributed by atoms with Crippen molar-refractivity contribution in [3.8, 4) is 0 Å². The first-order chi connectivity index (χ1) is 8.56. The fourth-order valence-corrected chi connectivity index (χ4v) is 2.16. The van der Waals surface area contributed by atoms with Gasteiger partial charge >= 0.3 is 0 Å². The number of hydrogen-bond acceptors (Lipinski definition) is 3. The van der Waals surface area contributed by atoms with E-state index in [0.29, 0.717) is 13.0 Å². The highest BCUT2D eigenvalue weighted by molar-refractivity contribution is 5.82. The van der Waals surface area contributed by atoms with E-state index in [0.717, 1.165) is 24.3 Å². The van der Waals surface area contributed by atoms with Gasteiger partial charge in [0.2, 0.25) is 5.91 Å². The van der Waals surface area contributed by atoms with Gasteiger partial charge in [-0.1, -0.05) is 12.1 Å². The number of nitrogens with zero attached hydrogens (tertiary/aromatic N) is 2. The minimum absolute atomic E-state index is 0.161. The molecule has 1 aliphatic rings. The second-order valence-corrected chi connectivity index (χ2v) is 4.96. The predicted molar refractivity (Wildman–Crippen MR) is 71.7 cm³/mol. The van der Waals surface area contributed by atoms with Crippen molar-refractivity contribution in [2.45, 2.75) is 19.4 Å². The summed E-state index contributed by atoms with van der Waals surface area (Å²) in [4.78, 5) is 15.5. The van der Waals surface area contributed by atoms with E-state index < -0.39 is 0 Å². The highest BCUT2D eigenvalue weighted by Gasteiger charge is 2.20. The number of benzene rings is 1. The average molecular weight is 248 g/mol. The van der Waals surface area contributed by atoms with Crippen LogP contribution in [0.2, 0.25) is 0 Å². The Kier molecular flexibility index (Phi) is 3.87. The molecular formula is C14H20N2O2. The smallest absolute Gasteiger partial charge is 0.241 e. The molecule has 2 rings (SSSR count). The maximum atomic E-state index is 11.6. The number of aliphatic hydroxyl groups is 1. The third kappa shape index (κ3) is 3.01. The van der Waals surface area contributed by atoms with Crippen LogP contribution in [-0.4, -0.2) is 48.7 Å². The fourth-order valence-electron chi connectivity index (χ4n) is 2.16. The number of amides is 1. The SMILES string of the molecule is CC(O)Cc1ccc(N2CCN(C)C(=O)C2)cc1. The fraction of sp³-hybridized carbons (Fsp3) is 0.500. The van der Waals surface area contributed by atoms with E-state index in [1.165, 1.54) is 0 Å². The first-order valence-electron chi connectivity index (χ1n) is 6.32. The molecule has 1 aliphatic heterocycles. The minimum atomic E-state index is -0.318. The van der Waals surface area contributed by atoms with Crippen molar-refractivity contribution in [1.29, 1.82) is 0 Å². The molecule has 0 spiro atoms. The summed E-state index contributed by atoms with van der Waals surface area (Å²) < 4.78 is 0. The Morgan fingerprint density at radius 3 is 2.50 bits per heavy atom. The number of carbonyl (C=O) groups excluding carboxylic acids is 1.